The number of phenolic OH excluding ortho intramolecular Hbond substituents is 1. The summed E-state index contributed by atoms with van der Waals surface area (Å²) >= 11 is 7.91. The largest absolute Gasteiger partial charge is 0.508 e. The number of anilines is 2. The van der Waals surface area contributed by atoms with Crippen LogP contribution in [-0.4, -0.2) is 52.7 Å². The van der Waals surface area contributed by atoms with Gasteiger partial charge in [0.15, 0.2) is 0 Å². The number of ether oxygens (including phenoxy) is 2. The van der Waals surface area contributed by atoms with E-state index >= 15 is 4.79 Å². The third kappa shape index (κ3) is 6.24. The number of aryl methyl sites for hydroxylation is 2. The second-order valence-electron chi connectivity index (χ2n) is 17.0. The van der Waals surface area contributed by atoms with E-state index in [0.29, 0.717) is 45.7 Å². The Hall–Kier alpha value is -6.50. The maximum Gasteiger partial charge on any atom is 0.242 e. The van der Waals surface area contributed by atoms with Gasteiger partial charge in [-0.05, 0) is 115 Å². The first kappa shape index (κ1) is 40.6. The van der Waals surface area contributed by atoms with Crippen molar-refractivity contribution in [3.8, 4) is 27.8 Å². The molecule has 10 rings (SSSR count). The molecule has 2 aliphatic carbocycles. The molecule has 4 heterocycles. The van der Waals surface area contributed by atoms with E-state index in [1.165, 1.54) is 9.80 Å². The summed E-state index contributed by atoms with van der Waals surface area (Å²) in [5, 5.41) is 17.2. The highest BCUT2D eigenvalue weighted by molar-refractivity contribution is 7.22. The monoisotopic (exact) mass is 878 g/mol. The van der Waals surface area contributed by atoms with E-state index in [9.17, 15) is 19.5 Å². The summed E-state index contributed by atoms with van der Waals surface area (Å²) in [7, 11) is 4.94. The predicted octanol–water partition coefficient (Wildman–Crippen LogP) is 9.59. The molecule has 1 N–H and O–H groups in total. The lowest BCUT2D eigenvalue weighted by Crippen LogP contribution is -2.48. The van der Waals surface area contributed by atoms with Gasteiger partial charge in [-0.1, -0.05) is 59.7 Å². The number of carbonyl (C=O) groups is 4. The van der Waals surface area contributed by atoms with Gasteiger partial charge in [0.1, 0.15) is 28.8 Å². The van der Waals surface area contributed by atoms with Crippen LogP contribution in [0.4, 0.5) is 11.5 Å². The highest BCUT2D eigenvalue weighted by Crippen LogP contribution is 2.64. The fraction of sp³-hybridized carbons (Fsp3) is 0.260. The Morgan fingerprint density at radius 1 is 0.873 bits per heavy atom. The van der Waals surface area contributed by atoms with Gasteiger partial charge in [-0.25, -0.2) is 4.90 Å². The van der Waals surface area contributed by atoms with Gasteiger partial charge in [-0.3, -0.25) is 28.8 Å². The molecule has 0 radical (unpaired) electrons. The number of thiophene rings is 1. The number of fused-ring (bicyclic) bond motifs is 5. The Kier molecular flexibility index (Phi) is 9.72. The lowest BCUT2D eigenvalue weighted by molar-refractivity contribution is -0.131. The number of benzene rings is 4. The van der Waals surface area contributed by atoms with Crippen molar-refractivity contribution in [2.24, 2.45) is 36.1 Å². The summed E-state index contributed by atoms with van der Waals surface area (Å²) in [5.74, 6) is -3.02. The normalized spacial score (nSPS) is 24.3. The van der Waals surface area contributed by atoms with Crippen LogP contribution in [0.15, 0.2) is 103 Å². The standard InChI is InChI=1S/C50H43ClN4O7S/c1-26-36-23-30(51)13-20-41(36)63-45(26)39-25-42(53(3)52-39)55-47(58)38-24-37-34(44(50(38,2)49(55)60)29-7-6-8-32(56)21-29)17-18-35-43(37)48(59)54(46(35)57)31-14-10-27(11-15-31)9-12-28-22-33(61-4)16-19-40(28)62-5/h6-17,19-23,25,35,37-38,43-44,56H,18,24H2,1-5H3/t35-,37+,38-,43-,44-,50+/m0/s1. The summed E-state index contributed by atoms with van der Waals surface area (Å²) in [4.78, 5) is 62.7. The van der Waals surface area contributed by atoms with E-state index in [2.05, 4.69) is 0 Å². The third-order valence-corrected chi connectivity index (χ3v) is 15.3. The van der Waals surface area contributed by atoms with E-state index in [1.807, 2.05) is 86.7 Å². The number of aromatic nitrogens is 2. The molecule has 1 saturated carbocycles. The number of halogens is 1. The highest BCUT2D eigenvalue weighted by atomic mass is 35.5. The summed E-state index contributed by atoms with van der Waals surface area (Å²) < 4.78 is 13.5. The fourth-order valence-corrected chi connectivity index (χ4v) is 12.0. The third-order valence-electron chi connectivity index (χ3n) is 13.7. The SMILES string of the molecule is COc1ccc(OC)c(C=Cc2ccc(N3C(=O)[C@H]4[C@H](CC=C5[C@H]4C[C@H]4C(=O)N(c6cc(-c7sc8ccc(Cl)cc8c7C)nn6C)C(=O)[C@@]4(C)[C@H]5c4cccc(O)c4)C3=O)cc2)c1. The smallest absolute Gasteiger partial charge is 0.242 e. The van der Waals surface area contributed by atoms with Crippen molar-refractivity contribution in [3.05, 3.63) is 130 Å². The van der Waals surface area contributed by atoms with Crippen LogP contribution >= 0.6 is 22.9 Å². The number of hydrogen-bond acceptors (Lipinski definition) is 9. The Labute approximate surface area is 372 Å². The van der Waals surface area contributed by atoms with Gasteiger partial charge < -0.3 is 14.6 Å². The average molecular weight is 879 g/mol. The van der Waals surface area contributed by atoms with Crippen LogP contribution in [-0.2, 0) is 26.2 Å². The number of methoxy groups -OCH3 is 2. The predicted molar refractivity (Wildman–Crippen MR) is 244 cm³/mol. The number of aromatic hydroxyl groups is 1. The van der Waals surface area contributed by atoms with Gasteiger partial charge in [-0.2, -0.15) is 5.10 Å². The highest BCUT2D eigenvalue weighted by Gasteiger charge is 2.68. The van der Waals surface area contributed by atoms with Crippen LogP contribution in [0.25, 0.3) is 32.8 Å². The minimum absolute atomic E-state index is 0.0215. The number of nitrogens with zero attached hydrogens (tertiary/aromatic N) is 4. The van der Waals surface area contributed by atoms with E-state index in [0.717, 1.165) is 37.2 Å². The average Bonchev–Trinajstić information content (AvgIpc) is 3.95. The Morgan fingerprint density at radius 3 is 2.41 bits per heavy atom. The molecule has 4 amide bonds. The van der Waals surface area contributed by atoms with Gasteiger partial charge in [0, 0.05) is 34.3 Å². The van der Waals surface area contributed by atoms with Gasteiger partial charge in [0.2, 0.25) is 23.6 Å². The minimum Gasteiger partial charge on any atom is -0.508 e. The van der Waals surface area contributed by atoms with Crippen LogP contribution in [0.3, 0.4) is 0 Å². The van der Waals surface area contributed by atoms with Crippen molar-refractivity contribution in [2.45, 2.75) is 32.6 Å². The zero-order chi connectivity index (χ0) is 44.1. The zero-order valence-corrected chi connectivity index (χ0v) is 36.7. The van der Waals surface area contributed by atoms with Crippen molar-refractivity contribution in [2.75, 3.05) is 24.0 Å². The Morgan fingerprint density at radius 2 is 1.67 bits per heavy atom. The van der Waals surface area contributed by atoms with E-state index in [1.54, 1.807) is 73.7 Å². The number of amides is 4. The molecule has 2 aliphatic heterocycles. The molecule has 318 valence electrons. The van der Waals surface area contributed by atoms with Crippen LogP contribution < -0.4 is 19.3 Å². The van der Waals surface area contributed by atoms with Crippen LogP contribution in [0.5, 0.6) is 17.2 Å². The molecule has 2 aromatic heterocycles. The summed E-state index contributed by atoms with van der Waals surface area (Å²) in [6.07, 6.45) is 6.34. The zero-order valence-electron chi connectivity index (χ0n) is 35.2. The quantitative estimate of drug-likeness (QED) is 0.0909. The van der Waals surface area contributed by atoms with E-state index in [4.69, 9.17) is 26.2 Å². The maximum atomic E-state index is 15.2. The molecule has 13 heteroatoms. The molecule has 6 atom stereocenters. The molecule has 2 saturated heterocycles. The van der Waals surface area contributed by atoms with Crippen molar-refractivity contribution >= 4 is 80.3 Å². The maximum absolute atomic E-state index is 15.2. The van der Waals surface area contributed by atoms with Crippen LogP contribution in [0.2, 0.25) is 5.02 Å². The first-order valence-corrected chi connectivity index (χ1v) is 22.0. The molecular weight excluding hydrogens is 836 g/mol. The number of rotatable bonds is 8. The van der Waals surface area contributed by atoms with Gasteiger partial charge in [0.25, 0.3) is 0 Å². The molecular formula is C50H43ClN4O7S. The van der Waals surface area contributed by atoms with Crippen LogP contribution in [0.1, 0.15) is 47.9 Å². The van der Waals surface area contributed by atoms with Gasteiger partial charge in [0.05, 0.1) is 48.0 Å². The topological polar surface area (TPSA) is 131 Å². The first-order chi connectivity index (χ1) is 30.3. The molecule has 4 aromatic carbocycles. The van der Waals surface area contributed by atoms with Crippen molar-refractivity contribution in [1.82, 2.24) is 9.78 Å². The Balaban J connectivity index is 0.986. The van der Waals surface area contributed by atoms with Crippen molar-refractivity contribution < 1.29 is 33.8 Å². The fourth-order valence-electron chi connectivity index (χ4n) is 10.7. The van der Waals surface area contributed by atoms with Crippen molar-refractivity contribution in [1.29, 1.82) is 0 Å². The Bertz CT molecular complexity index is 2990. The molecule has 4 aliphatic rings. The summed E-state index contributed by atoms with van der Waals surface area (Å²) in [6.45, 7) is 3.84. The second kappa shape index (κ2) is 15.1. The number of carbonyl (C=O) groups excluding carboxylic acids is 4. The molecule has 0 unspecified atom stereocenters. The van der Waals surface area contributed by atoms with Gasteiger partial charge >= 0.3 is 0 Å². The molecule has 11 nitrogen and oxygen atoms in total. The minimum atomic E-state index is -1.28. The molecule has 0 bridgehead atoms. The molecule has 6 aromatic rings. The first-order valence-electron chi connectivity index (χ1n) is 20.8. The lowest BCUT2D eigenvalue weighted by atomic mass is 9.51. The van der Waals surface area contributed by atoms with Crippen LogP contribution in [0, 0.1) is 36.0 Å². The number of imide groups is 2. The lowest BCUT2D eigenvalue weighted by Gasteiger charge is -2.49. The second-order valence-corrected chi connectivity index (χ2v) is 18.5. The molecule has 3 fully saturated rings. The number of phenols is 1. The number of allylic oxidation sites excluding steroid dienone is 2. The van der Waals surface area contributed by atoms with Gasteiger partial charge in [-0.15, -0.1) is 11.3 Å². The van der Waals surface area contributed by atoms with Crippen molar-refractivity contribution in [3.63, 3.8) is 0 Å². The molecule has 63 heavy (non-hydrogen) atoms. The summed E-state index contributed by atoms with van der Waals surface area (Å²) in [6, 6.07) is 27.1. The van der Waals surface area contributed by atoms with E-state index in [-0.39, 0.29) is 35.8 Å². The number of hydrogen-bond donors (Lipinski definition) is 1. The van der Waals surface area contributed by atoms with E-state index < -0.39 is 35.0 Å². The summed E-state index contributed by atoms with van der Waals surface area (Å²) in [5.41, 5.74) is 3.99. The molecule has 0 spiro atoms.